The van der Waals surface area contributed by atoms with E-state index in [1.165, 1.54) is 0 Å². The highest BCUT2D eigenvalue weighted by molar-refractivity contribution is 6.20. The van der Waals surface area contributed by atoms with Crippen LogP contribution in [0.1, 0.15) is 5.56 Å². The Balaban J connectivity index is 2.10. The van der Waals surface area contributed by atoms with E-state index in [0.717, 1.165) is 22.0 Å². The molecule has 2 heterocycles. The normalized spacial score (nSPS) is 15.8. The van der Waals surface area contributed by atoms with E-state index in [1.54, 1.807) is 4.90 Å². The van der Waals surface area contributed by atoms with Crippen molar-refractivity contribution in [2.24, 2.45) is 7.05 Å². The first kappa shape index (κ1) is 11.7. The molecule has 0 atom stereocenters. The zero-order valence-corrected chi connectivity index (χ0v) is 11.0. The molecule has 96 valence electrons. The van der Waals surface area contributed by atoms with Crippen LogP contribution in [0.15, 0.2) is 42.6 Å². The van der Waals surface area contributed by atoms with Crippen LogP contribution in [0.5, 0.6) is 0 Å². The van der Waals surface area contributed by atoms with Gasteiger partial charge in [0.15, 0.2) is 0 Å². The predicted octanol–water partition coefficient (Wildman–Crippen LogP) is 1.98. The zero-order chi connectivity index (χ0) is 13.4. The number of carbonyl (C=O) groups is 1. The van der Waals surface area contributed by atoms with Crippen LogP contribution in [0.3, 0.4) is 0 Å². The number of nitrogens with zero attached hydrogens (tertiary/aromatic N) is 3. The van der Waals surface area contributed by atoms with Gasteiger partial charge in [0.1, 0.15) is 0 Å². The first-order valence-corrected chi connectivity index (χ1v) is 6.21. The summed E-state index contributed by atoms with van der Waals surface area (Å²) in [7, 11) is 3.73. The Bertz CT molecular complexity index is 709. The fourth-order valence-electron chi connectivity index (χ4n) is 2.29. The molecule has 1 aliphatic rings. The monoisotopic (exact) mass is 253 g/mol. The average molecular weight is 253 g/mol. The number of carbonyl (C=O) groups excluding carboxylic acids is 1. The minimum atomic E-state index is 0.0493. The lowest BCUT2D eigenvalue weighted by Crippen LogP contribution is -2.26. The lowest BCUT2D eigenvalue weighted by molar-refractivity contribution is -0.123. The fourth-order valence-corrected chi connectivity index (χ4v) is 2.29. The molecule has 2 aromatic rings. The minimum absolute atomic E-state index is 0.0493. The Morgan fingerprint density at radius 1 is 1.26 bits per heavy atom. The van der Waals surface area contributed by atoms with Gasteiger partial charge in [-0.25, -0.2) is 0 Å². The molecular weight excluding hydrogens is 238 g/mol. The van der Waals surface area contributed by atoms with E-state index in [4.69, 9.17) is 0 Å². The molecule has 4 nitrogen and oxygen atoms in total. The first-order valence-electron chi connectivity index (χ1n) is 6.21. The van der Waals surface area contributed by atoms with Crippen LogP contribution in [-0.4, -0.2) is 34.2 Å². The Morgan fingerprint density at radius 3 is 2.95 bits per heavy atom. The van der Waals surface area contributed by atoms with Crippen LogP contribution in [0.25, 0.3) is 16.5 Å². The van der Waals surface area contributed by atoms with E-state index in [2.05, 4.69) is 5.10 Å². The van der Waals surface area contributed by atoms with Crippen molar-refractivity contribution in [2.45, 2.75) is 0 Å². The topological polar surface area (TPSA) is 38.1 Å². The van der Waals surface area contributed by atoms with Gasteiger partial charge in [0.2, 0.25) is 0 Å². The summed E-state index contributed by atoms with van der Waals surface area (Å²) in [5, 5.41) is 5.27. The van der Waals surface area contributed by atoms with Gasteiger partial charge in [0, 0.05) is 31.6 Å². The lowest BCUT2D eigenvalue weighted by atomic mass is 10.0. The molecule has 0 saturated carbocycles. The Kier molecular flexibility index (Phi) is 2.71. The van der Waals surface area contributed by atoms with E-state index >= 15 is 0 Å². The number of likely N-dealkylation sites (N-methyl/N-ethyl adjacent to an activating group) is 1. The smallest absolute Gasteiger partial charge is 0.254 e. The van der Waals surface area contributed by atoms with Crippen LogP contribution in [0.4, 0.5) is 0 Å². The molecule has 3 rings (SSSR count). The number of hydrogen-bond donors (Lipinski definition) is 0. The number of aromatic nitrogens is 2. The highest BCUT2D eigenvalue weighted by Gasteiger charge is 2.17. The minimum Gasteiger partial charge on any atom is -0.338 e. The fraction of sp³-hybridized carbons (Fsp3) is 0.200. The molecule has 0 spiro atoms. The largest absolute Gasteiger partial charge is 0.338 e. The third-order valence-corrected chi connectivity index (χ3v) is 3.41. The molecule has 4 heteroatoms. The van der Waals surface area contributed by atoms with Crippen molar-refractivity contribution >= 4 is 22.4 Å². The van der Waals surface area contributed by atoms with Crippen molar-refractivity contribution < 1.29 is 4.79 Å². The van der Waals surface area contributed by atoms with E-state index in [9.17, 15) is 4.79 Å². The Morgan fingerprint density at radius 2 is 2.11 bits per heavy atom. The first-order chi connectivity index (χ1) is 9.16. The summed E-state index contributed by atoms with van der Waals surface area (Å²) >= 11 is 0. The van der Waals surface area contributed by atoms with Crippen molar-refractivity contribution in [3.8, 4) is 0 Å². The molecule has 0 saturated heterocycles. The molecule has 1 aliphatic heterocycles. The second kappa shape index (κ2) is 4.39. The maximum atomic E-state index is 12.3. The van der Waals surface area contributed by atoms with E-state index in [1.807, 2.05) is 61.4 Å². The third kappa shape index (κ3) is 1.95. The van der Waals surface area contributed by atoms with Crippen molar-refractivity contribution in [1.82, 2.24) is 14.7 Å². The van der Waals surface area contributed by atoms with Gasteiger partial charge in [-0.3, -0.25) is 9.48 Å². The summed E-state index contributed by atoms with van der Waals surface area (Å²) in [4.78, 5) is 14.0. The van der Waals surface area contributed by atoms with E-state index < -0.39 is 0 Å². The highest BCUT2D eigenvalue weighted by Crippen LogP contribution is 2.23. The van der Waals surface area contributed by atoms with Gasteiger partial charge in [-0.2, -0.15) is 5.10 Å². The lowest BCUT2D eigenvalue weighted by Gasteiger charge is -2.15. The molecule has 1 aromatic heterocycles. The number of rotatable bonds is 1. The van der Waals surface area contributed by atoms with Crippen LogP contribution < -0.4 is 0 Å². The van der Waals surface area contributed by atoms with Crippen molar-refractivity contribution in [2.75, 3.05) is 13.6 Å². The summed E-state index contributed by atoms with van der Waals surface area (Å²) in [6.07, 6.45) is 7.61. The maximum Gasteiger partial charge on any atom is 0.254 e. The van der Waals surface area contributed by atoms with Crippen LogP contribution in [0.2, 0.25) is 0 Å². The molecule has 0 radical (unpaired) electrons. The van der Waals surface area contributed by atoms with Gasteiger partial charge >= 0.3 is 0 Å². The number of amides is 1. The molecular formula is C15H15N3O. The van der Waals surface area contributed by atoms with E-state index in [-0.39, 0.29) is 5.91 Å². The molecule has 1 aromatic carbocycles. The highest BCUT2D eigenvalue weighted by atomic mass is 16.2. The maximum absolute atomic E-state index is 12.3. The van der Waals surface area contributed by atoms with Gasteiger partial charge in [-0.15, -0.1) is 0 Å². The van der Waals surface area contributed by atoms with Gasteiger partial charge in [0.25, 0.3) is 5.91 Å². The van der Waals surface area contributed by atoms with Gasteiger partial charge in [0.05, 0.1) is 11.7 Å². The summed E-state index contributed by atoms with van der Waals surface area (Å²) in [6, 6.07) is 5.99. The second-order valence-electron chi connectivity index (χ2n) is 4.74. The van der Waals surface area contributed by atoms with Crippen molar-refractivity contribution in [3.05, 3.63) is 48.2 Å². The predicted molar refractivity (Wildman–Crippen MR) is 75.5 cm³/mol. The van der Waals surface area contributed by atoms with Crippen molar-refractivity contribution in [1.29, 1.82) is 0 Å². The molecule has 0 aliphatic carbocycles. The second-order valence-corrected chi connectivity index (χ2v) is 4.74. The summed E-state index contributed by atoms with van der Waals surface area (Å²) in [5.41, 5.74) is 2.72. The Labute approximate surface area is 111 Å². The number of allylic oxidation sites excluding steroid dienone is 2. The SMILES string of the molecule is CN1CC=CC=C(c2ccc3c(cnn3C)c2)C1=O. The zero-order valence-electron chi connectivity index (χ0n) is 11.0. The van der Waals surface area contributed by atoms with Gasteiger partial charge < -0.3 is 4.90 Å². The summed E-state index contributed by atoms with van der Waals surface area (Å²) in [6.45, 7) is 0.647. The molecule has 1 amide bonds. The number of hydrogen-bond acceptors (Lipinski definition) is 2. The number of aryl methyl sites for hydroxylation is 1. The number of benzene rings is 1. The number of fused-ring (bicyclic) bond motifs is 1. The van der Waals surface area contributed by atoms with Crippen molar-refractivity contribution in [3.63, 3.8) is 0 Å². The molecule has 0 fully saturated rings. The van der Waals surface area contributed by atoms with Gasteiger partial charge in [-0.05, 0) is 23.8 Å². The summed E-state index contributed by atoms with van der Waals surface area (Å²) in [5.74, 6) is 0.0493. The molecule has 0 N–H and O–H groups in total. The van der Waals surface area contributed by atoms with Crippen LogP contribution in [0, 0.1) is 0 Å². The molecule has 0 unspecified atom stereocenters. The molecule has 19 heavy (non-hydrogen) atoms. The van der Waals surface area contributed by atoms with Crippen LogP contribution >= 0.6 is 0 Å². The Hall–Kier alpha value is -2.36. The van der Waals surface area contributed by atoms with E-state index in [0.29, 0.717) is 6.54 Å². The quantitative estimate of drug-likeness (QED) is 0.779. The summed E-state index contributed by atoms with van der Waals surface area (Å²) < 4.78 is 1.83. The molecule has 0 bridgehead atoms. The van der Waals surface area contributed by atoms with Gasteiger partial charge in [-0.1, -0.05) is 18.2 Å². The average Bonchev–Trinajstić information content (AvgIpc) is 2.70. The third-order valence-electron chi connectivity index (χ3n) is 3.41. The standard InChI is InChI=1S/C15H15N3O/c1-17-8-4-3-5-13(15(17)19)11-6-7-14-12(9-11)10-16-18(14)2/h3-7,9-10H,8H2,1-2H3. The van der Waals surface area contributed by atoms with Crippen LogP contribution in [-0.2, 0) is 11.8 Å².